The largest absolute Gasteiger partial charge is 0.356 e. The number of piperidine rings is 1. The molecule has 0 unspecified atom stereocenters. The Balaban J connectivity index is 1.53. The molecule has 1 aromatic carbocycles. The third-order valence-electron chi connectivity index (χ3n) is 5.09. The minimum absolute atomic E-state index is 0.154. The maximum absolute atomic E-state index is 13.8. The van der Waals surface area contributed by atoms with Gasteiger partial charge in [0.1, 0.15) is 23.0 Å². The highest BCUT2D eigenvalue weighted by Crippen LogP contribution is 2.28. The number of hydrogen-bond donors (Lipinski definition) is 1. The molecule has 0 spiro atoms. The topological polar surface area (TPSA) is 75.9 Å². The Kier molecular flexibility index (Phi) is 6.12. The second kappa shape index (κ2) is 8.95. The maximum Gasteiger partial charge on any atom is 0.257 e. The Hall–Kier alpha value is -2.75. The summed E-state index contributed by atoms with van der Waals surface area (Å²) in [5.41, 5.74) is 0.100. The number of halogens is 2. The van der Waals surface area contributed by atoms with Crippen molar-refractivity contribution in [3.8, 4) is 0 Å². The molecule has 0 bridgehead atoms. The Morgan fingerprint density at radius 1 is 1.17 bits per heavy atom. The molecule has 1 aliphatic heterocycles. The molecule has 0 atom stereocenters. The number of aromatic nitrogens is 4. The second-order valence-electron chi connectivity index (χ2n) is 7.04. The van der Waals surface area contributed by atoms with Crippen LogP contribution in [0.1, 0.15) is 29.6 Å². The monoisotopic (exact) mass is 432 g/mol. The fourth-order valence-electron chi connectivity index (χ4n) is 3.60. The smallest absolute Gasteiger partial charge is 0.257 e. The number of thioether (sulfide) groups is 1. The van der Waals surface area contributed by atoms with Crippen LogP contribution in [0.4, 0.5) is 14.6 Å². The molecule has 3 heterocycles. The van der Waals surface area contributed by atoms with Gasteiger partial charge >= 0.3 is 0 Å². The van der Waals surface area contributed by atoms with Crippen molar-refractivity contribution in [1.29, 1.82) is 0 Å². The van der Waals surface area contributed by atoms with Crippen LogP contribution in [-0.2, 0) is 6.54 Å². The van der Waals surface area contributed by atoms with Gasteiger partial charge in [-0.05, 0) is 37.7 Å². The Labute approximate surface area is 176 Å². The normalized spacial score (nSPS) is 14.3. The first-order valence-electron chi connectivity index (χ1n) is 9.83. The lowest BCUT2D eigenvalue weighted by Gasteiger charge is -2.28. The molecule has 4 rings (SSSR count). The summed E-state index contributed by atoms with van der Waals surface area (Å²) in [4.78, 5) is 23.7. The third-order valence-corrected chi connectivity index (χ3v) is 5.64. The number of nitrogens with zero attached hydrogens (tertiary/aromatic N) is 5. The summed E-state index contributed by atoms with van der Waals surface area (Å²) in [5.74, 6) is -1.69. The van der Waals surface area contributed by atoms with E-state index in [1.807, 2.05) is 6.26 Å². The van der Waals surface area contributed by atoms with Crippen molar-refractivity contribution in [2.75, 3.05) is 30.8 Å². The van der Waals surface area contributed by atoms with E-state index < -0.39 is 23.1 Å². The zero-order chi connectivity index (χ0) is 21.1. The van der Waals surface area contributed by atoms with Crippen molar-refractivity contribution in [2.24, 2.45) is 0 Å². The predicted octanol–water partition coefficient (Wildman–Crippen LogP) is 3.25. The van der Waals surface area contributed by atoms with Gasteiger partial charge in [0.05, 0.1) is 18.1 Å². The minimum atomic E-state index is -0.888. The van der Waals surface area contributed by atoms with Crippen molar-refractivity contribution in [2.45, 2.75) is 31.0 Å². The number of hydrogen-bond acceptors (Lipinski definition) is 6. The van der Waals surface area contributed by atoms with Gasteiger partial charge < -0.3 is 10.2 Å². The summed E-state index contributed by atoms with van der Waals surface area (Å²) < 4.78 is 29.2. The standard InChI is InChI=1S/C20H22F2N6OS/c1-30-20-25-17(27-9-3-2-4-10-27)13-12-24-28(18(13)26-20)11-8-23-19(29)16-14(21)6-5-7-15(16)22/h5-7,12H,2-4,8-11H2,1H3,(H,23,29). The number of anilines is 1. The highest BCUT2D eigenvalue weighted by atomic mass is 32.2. The average Bonchev–Trinajstić information content (AvgIpc) is 3.16. The quantitative estimate of drug-likeness (QED) is 0.476. The van der Waals surface area contributed by atoms with Crippen molar-refractivity contribution in [1.82, 2.24) is 25.1 Å². The van der Waals surface area contributed by atoms with Crippen molar-refractivity contribution in [3.63, 3.8) is 0 Å². The molecule has 0 saturated carbocycles. The van der Waals surface area contributed by atoms with Crippen LogP contribution in [-0.4, -0.2) is 51.5 Å². The van der Waals surface area contributed by atoms with Crippen LogP contribution in [0.25, 0.3) is 11.0 Å². The van der Waals surface area contributed by atoms with Crippen LogP contribution in [0.3, 0.4) is 0 Å². The summed E-state index contributed by atoms with van der Waals surface area (Å²) >= 11 is 1.46. The molecule has 1 fully saturated rings. The van der Waals surface area contributed by atoms with Crippen LogP contribution in [0.2, 0.25) is 0 Å². The van der Waals surface area contributed by atoms with Gasteiger partial charge in [0, 0.05) is 19.6 Å². The van der Waals surface area contributed by atoms with Crippen LogP contribution >= 0.6 is 11.8 Å². The van der Waals surface area contributed by atoms with Gasteiger partial charge in [-0.15, -0.1) is 0 Å². The molecule has 1 amide bonds. The molecule has 1 aliphatic rings. The zero-order valence-corrected chi connectivity index (χ0v) is 17.4. The summed E-state index contributed by atoms with van der Waals surface area (Å²) in [6.45, 7) is 2.38. The number of benzene rings is 1. The summed E-state index contributed by atoms with van der Waals surface area (Å²) in [7, 11) is 0. The number of fused-ring (bicyclic) bond motifs is 1. The van der Waals surface area contributed by atoms with E-state index in [2.05, 4.69) is 20.3 Å². The lowest BCUT2D eigenvalue weighted by atomic mass is 10.1. The van der Waals surface area contributed by atoms with Crippen molar-refractivity contribution >= 4 is 34.5 Å². The van der Waals surface area contributed by atoms with Gasteiger partial charge in [-0.25, -0.2) is 23.4 Å². The number of carbonyl (C=O) groups is 1. The Morgan fingerprint density at radius 2 is 1.90 bits per heavy atom. The van der Waals surface area contributed by atoms with Crippen LogP contribution < -0.4 is 10.2 Å². The minimum Gasteiger partial charge on any atom is -0.356 e. The van der Waals surface area contributed by atoms with E-state index in [1.54, 1.807) is 10.9 Å². The molecular weight excluding hydrogens is 410 g/mol. The molecule has 0 radical (unpaired) electrons. The van der Waals surface area contributed by atoms with Gasteiger partial charge in [-0.2, -0.15) is 5.10 Å². The maximum atomic E-state index is 13.8. The lowest BCUT2D eigenvalue weighted by molar-refractivity contribution is 0.0943. The van der Waals surface area contributed by atoms with Crippen molar-refractivity contribution < 1.29 is 13.6 Å². The average molecular weight is 433 g/mol. The molecule has 0 aliphatic carbocycles. The Morgan fingerprint density at radius 3 is 2.60 bits per heavy atom. The first-order chi connectivity index (χ1) is 14.6. The fourth-order valence-corrected chi connectivity index (χ4v) is 3.96. The van der Waals surface area contributed by atoms with E-state index in [0.29, 0.717) is 17.3 Å². The van der Waals surface area contributed by atoms with E-state index in [-0.39, 0.29) is 6.54 Å². The van der Waals surface area contributed by atoms with Gasteiger partial charge in [0.25, 0.3) is 5.91 Å². The number of carbonyl (C=O) groups excluding carboxylic acids is 1. The second-order valence-corrected chi connectivity index (χ2v) is 7.81. The third kappa shape index (κ3) is 4.09. The van der Waals surface area contributed by atoms with Gasteiger partial charge in [0.15, 0.2) is 10.8 Å². The van der Waals surface area contributed by atoms with Crippen molar-refractivity contribution in [3.05, 3.63) is 41.6 Å². The van der Waals surface area contributed by atoms with Gasteiger partial charge in [-0.1, -0.05) is 17.8 Å². The highest BCUT2D eigenvalue weighted by molar-refractivity contribution is 7.98. The van der Waals surface area contributed by atoms with Gasteiger partial charge in [0.2, 0.25) is 0 Å². The molecular formula is C20H22F2N6OS. The first kappa shape index (κ1) is 20.5. The number of amides is 1. The molecule has 7 nitrogen and oxygen atoms in total. The molecule has 30 heavy (non-hydrogen) atoms. The molecule has 158 valence electrons. The Bertz CT molecular complexity index is 1050. The van der Waals surface area contributed by atoms with E-state index >= 15 is 0 Å². The van der Waals surface area contributed by atoms with E-state index in [1.165, 1.54) is 24.2 Å². The molecule has 1 N–H and O–H groups in total. The van der Waals surface area contributed by atoms with Gasteiger partial charge in [-0.3, -0.25) is 4.79 Å². The fraction of sp³-hybridized carbons (Fsp3) is 0.400. The van der Waals surface area contributed by atoms with E-state index in [4.69, 9.17) is 4.98 Å². The SMILES string of the molecule is CSc1nc(N2CCCCC2)c2cnn(CCNC(=O)c3c(F)cccc3F)c2n1. The molecule has 3 aromatic rings. The van der Waals surface area contributed by atoms with Crippen LogP contribution in [0.15, 0.2) is 29.6 Å². The molecule has 1 saturated heterocycles. The lowest BCUT2D eigenvalue weighted by Crippen LogP contribution is -2.30. The van der Waals surface area contributed by atoms with Crippen LogP contribution in [0, 0.1) is 11.6 Å². The molecule has 2 aromatic heterocycles. The summed E-state index contributed by atoms with van der Waals surface area (Å²) in [5, 5.41) is 8.48. The predicted molar refractivity (Wildman–Crippen MR) is 112 cm³/mol. The van der Waals surface area contributed by atoms with E-state index in [0.717, 1.165) is 49.3 Å². The zero-order valence-electron chi connectivity index (χ0n) is 16.6. The number of nitrogens with one attached hydrogen (secondary N) is 1. The van der Waals surface area contributed by atoms with E-state index in [9.17, 15) is 13.6 Å². The number of rotatable bonds is 6. The first-order valence-corrected chi connectivity index (χ1v) is 11.1. The summed E-state index contributed by atoms with van der Waals surface area (Å²) in [6, 6.07) is 3.34. The highest BCUT2D eigenvalue weighted by Gasteiger charge is 2.20. The van der Waals surface area contributed by atoms with Crippen LogP contribution in [0.5, 0.6) is 0 Å². The molecule has 10 heteroatoms. The summed E-state index contributed by atoms with van der Waals surface area (Å²) in [6.07, 6.45) is 7.15.